The molecule has 0 aromatic carbocycles. The Morgan fingerprint density at radius 1 is 1.35 bits per heavy atom. The topological polar surface area (TPSA) is 36.4 Å². The standard InChI is InChI=1S/C16H27N3S/c1-13(2)19-15(17-3)18-12-16(9-5-4-6-10-16)14-8-7-11-20-14/h7-8,11,13H,4-6,9-10,12H2,1-3H3,(H2,17,18,19). The van der Waals surface area contributed by atoms with Gasteiger partial charge in [0.25, 0.3) is 0 Å². The first kappa shape index (κ1) is 15.4. The number of aliphatic imine (C=N–C) groups is 1. The third-order valence-electron chi connectivity index (χ3n) is 4.10. The van der Waals surface area contributed by atoms with E-state index < -0.39 is 0 Å². The number of nitrogens with one attached hydrogen (secondary N) is 2. The van der Waals surface area contributed by atoms with Crippen LogP contribution in [0.2, 0.25) is 0 Å². The molecule has 0 atom stereocenters. The monoisotopic (exact) mass is 293 g/mol. The molecule has 2 N–H and O–H groups in total. The summed E-state index contributed by atoms with van der Waals surface area (Å²) in [7, 11) is 1.84. The lowest BCUT2D eigenvalue weighted by atomic mass is 9.73. The van der Waals surface area contributed by atoms with Crippen LogP contribution < -0.4 is 10.6 Å². The summed E-state index contributed by atoms with van der Waals surface area (Å²) in [6, 6.07) is 4.89. The van der Waals surface area contributed by atoms with Crippen LogP contribution in [0.4, 0.5) is 0 Å². The molecular formula is C16H27N3S. The second-order valence-corrected chi connectivity index (χ2v) is 6.99. The van der Waals surface area contributed by atoms with Gasteiger partial charge in [-0.15, -0.1) is 11.3 Å². The third-order valence-corrected chi connectivity index (χ3v) is 5.21. The van der Waals surface area contributed by atoms with E-state index in [1.165, 1.54) is 37.0 Å². The maximum atomic E-state index is 4.32. The first-order valence-corrected chi connectivity index (χ1v) is 8.55. The number of guanidine groups is 1. The summed E-state index contributed by atoms with van der Waals surface area (Å²) in [5.74, 6) is 0.918. The maximum Gasteiger partial charge on any atom is 0.191 e. The number of thiophene rings is 1. The second-order valence-electron chi connectivity index (χ2n) is 6.04. The predicted octanol–water partition coefficient (Wildman–Crippen LogP) is 3.52. The van der Waals surface area contributed by atoms with Crippen molar-refractivity contribution in [1.82, 2.24) is 10.6 Å². The molecule has 0 radical (unpaired) electrons. The first-order valence-electron chi connectivity index (χ1n) is 7.67. The van der Waals surface area contributed by atoms with Gasteiger partial charge in [-0.1, -0.05) is 25.3 Å². The minimum Gasteiger partial charge on any atom is -0.355 e. The van der Waals surface area contributed by atoms with Gasteiger partial charge in [0.15, 0.2) is 5.96 Å². The zero-order valence-electron chi connectivity index (χ0n) is 12.9. The summed E-state index contributed by atoms with van der Waals surface area (Å²) in [5, 5.41) is 9.12. The Morgan fingerprint density at radius 3 is 2.65 bits per heavy atom. The summed E-state index contributed by atoms with van der Waals surface area (Å²) < 4.78 is 0. The molecule has 0 unspecified atom stereocenters. The number of hydrogen-bond donors (Lipinski definition) is 2. The van der Waals surface area contributed by atoms with Gasteiger partial charge in [0.2, 0.25) is 0 Å². The van der Waals surface area contributed by atoms with Crippen LogP contribution in [0.25, 0.3) is 0 Å². The fourth-order valence-electron chi connectivity index (χ4n) is 3.04. The molecular weight excluding hydrogens is 266 g/mol. The summed E-state index contributed by atoms with van der Waals surface area (Å²) in [6.07, 6.45) is 6.65. The van der Waals surface area contributed by atoms with E-state index in [9.17, 15) is 0 Å². The Morgan fingerprint density at radius 2 is 2.10 bits per heavy atom. The molecule has 0 spiro atoms. The fourth-order valence-corrected chi connectivity index (χ4v) is 4.03. The van der Waals surface area contributed by atoms with Gasteiger partial charge in [-0.25, -0.2) is 0 Å². The first-order chi connectivity index (χ1) is 9.66. The van der Waals surface area contributed by atoms with Crippen LogP contribution in [0.3, 0.4) is 0 Å². The van der Waals surface area contributed by atoms with Crippen molar-refractivity contribution in [2.24, 2.45) is 4.99 Å². The molecule has 0 bridgehead atoms. The van der Waals surface area contributed by atoms with Crippen LogP contribution in [0.1, 0.15) is 50.8 Å². The van der Waals surface area contributed by atoms with Crippen molar-refractivity contribution in [2.45, 2.75) is 57.4 Å². The molecule has 1 aliphatic carbocycles. The van der Waals surface area contributed by atoms with E-state index >= 15 is 0 Å². The van der Waals surface area contributed by atoms with Crippen molar-refractivity contribution >= 4 is 17.3 Å². The summed E-state index contributed by atoms with van der Waals surface area (Å²) >= 11 is 1.90. The molecule has 1 saturated carbocycles. The highest BCUT2D eigenvalue weighted by Crippen LogP contribution is 2.40. The van der Waals surface area contributed by atoms with Crippen LogP contribution >= 0.6 is 11.3 Å². The van der Waals surface area contributed by atoms with Crippen LogP contribution in [0.5, 0.6) is 0 Å². The van der Waals surface area contributed by atoms with Crippen LogP contribution in [0.15, 0.2) is 22.5 Å². The maximum absolute atomic E-state index is 4.32. The molecule has 1 aromatic rings. The Labute approximate surface area is 126 Å². The predicted molar refractivity (Wildman–Crippen MR) is 88.7 cm³/mol. The highest BCUT2D eigenvalue weighted by atomic mass is 32.1. The molecule has 3 nitrogen and oxygen atoms in total. The second kappa shape index (κ2) is 7.11. The lowest BCUT2D eigenvalue weighted by molar-refractivity contribution is 0.296. The van der Waals surface area contributed by atoms with E-state index in [4.69, 9.17) is 0 Å². The Hall–Kier alpha value is -1.03. The van der Waals surface area contributed by atoms with Gasteiger partial charge < -0.3 is 10.6 Å². The van der Waals surface area contributed by atoms with E-state index in [0.717, 1.165) is 12.5 Å². The Kier molecular flexibility index (Phi) is 5.46. The van der Waals surface area contributed by atoms with Gasteiger partial charge in [0.1, 0.15) is 0 Å². The van der Waals surface area contributed by atoms with E-state index in [0.29, 0.717) is 11.5 Å². The highest BCUT2D eigenvalue weighted by molar-refractivity contribution is 7.10. The van der Waals surface area contributed by atoms with E-state index in [-0.39, 0.29) is 0 Å². The summed E-state index contributed by atoms with van der Waals surface area (Å²) in [6.45, 7) is 5.27. The SMILES string of the molecule is CN=C(NCC1(c2cccs2)CCCCC1)NC(C)C. The normalized spacial score (nSPS) is 19.1. The van der Waals surface area contributed by atoms with Crippen LogP contribution in [-0.4, -0.2) is 25.6 Å². The number of nitrogens with zero attached hydrogens (tertiary/aromatic N) is 1. The molecule has 1 fully saturated rings. The molecule has 0 saturated heterocycles. The average Bonchev–Trinajstić information content (AvgIpc) is 2.99. The minimum absolute atomic E-state index is 0.307. The lowest BCUT2D eigenvalue weighted by Gasteiger charge is -2.37. The van der Waals surface area contributed by atoms with Gasteiger partial charge in [-0.05, 0) is 38.1 Å². The van der Waals surface area contributed by atoms with Gasteiger partial charge in [0, 0.05) is 29.9 Å². The van der Waals surface area contributed by atoms with E-state index in [1.807, 2.05) is 18.4 Å². The van der Waals surface area contributed by atoms with Crippen molar-refractivity contribution in [3.8, 4) is 0 Å². The van der Waals surface area contributed by atoms with Crippen molar-refractivity contribution in [3.63, 3.8) is 0 Å². The summed E-state index contributed by atoms with van der Waals surface area (Å²) in [5.41, 5.74) is 0.307. The lowest BCUT2D eigenvalue weighted by Crippen LogP contribution is -2.47. The van der Waals surface area contributed by atoms with Crippen LogP contribution in [0, 0.1) is 0 Å². The van der Waals surface area contributed by atoms with Gasteiger partial charge in [-0.3, -0.25) is 4.99 Å². The van der Waals surface area contributed by atoms with Crippen molar-refractivity contribution in [1.29, 1.82) is 0 Å². The number of rotatable bonds is 4. The zero-order valence-corrected chi connectivity index (χ0v) is 13.7. The molecule has 1 aliphatic rings. The van der Waals surface area contributed by atoms with Gasteiger partial charge >= 0.3 is 0 Å². The molecule has 0 aliphatic heterocycles. The molecule has 112 valence electrons. The average molecular weight is 293 g/mol. The van der Waals surface area contributed by atoms with Gasteiger partial charge in [0.05, 0.1) is 0 Å². The summed E-state index contributed by atoms with van der Waals surface area (Å²) in [4.78, 5) is 5.85. The van der Waals surface area contributed by atoms with Crippen molar-refractivity contribution in [3.05, 3.63) is 22.4 Å². The van der Waals surface area contributed by atoms with E-state index in [2.05, 4.69) is 47.0 Å². The fraction of sp³-hybridized carbons (Fsp3) is 0.688. The smallest absolute Gasteiger partial charge is 0.191 e. The minimum atomic E-state index is 0.307. The molecule has 1 aromatic heterocycles. The largest absolute Gasteiger partial charge is 0.355 e. The third kappa shape index (κ3) is 3.75. The van der Waals surface area contributed by atoms with Crippen molar-refractivity contribution in [2.75, 3.05) is 13.6 Å². The van der Waals surface area contributed by atoms with Crippen LogP contribution in [-0.2, 0) is 5.41 Å². The Bertz CT molecular complexity index is 417. The Balaban J connectivity index is 2.05. The number of hydrogen-bond acceptors (Lipinski definition) is 2. The van der Waals surface area contributed by atoms with Gasteiger partial charge in [-0.2, -0.15) is 0 Å². The quantitative estimate of drug-likeness (QED) is 0.658. The molecule has 2 rings (SSSR count). The molecule has 0 amide bonds. The molecule has 1 heterocycles. The van der Waals surface area contributed by atoms with Crippen molar-refractivity contribution < 1.29 is 0 Å². The van der Waals surface area contributed by atoms with E-state index in [1.54, 1.807) is 0 Å². The zero-order chi connectivity index (χ0) is 14.4. The molecule has 4 heteroatoms. The highest BCUT2D eigenvalue weighted by Gasteiger charge is 2.34. The molecule has 20 heavy (non-hydrogen) atoms.